The minimum absolute atomic E-state index is 0.101. The van der Waals surface area contributed by atoms with Crippen LogP contribution in [0.5, 0.6) is 0 Å². The molecule has 2 heterocycles. The molecular weight excluding hydrogens is 390 g/mol. The number of rotatable bonds is 5. The summed E-state index contributed by atoms with van der Waals surface area (Å²) in [4.78, 5) is 16.5. The van der Waals surface area contributed by atoms with Crippen LogP contribution in [0, 0.1) is 0 Å². The number of nitrogens with zero attached hydrogens (tertiary/aromatic N) is 4. The van der Waals surface area contributed by atoms with E-state index in [-0.39, 0.29) is 6.03 Å². The van der Waals surface area contributed by atoms with E-state index in [0.717, 1.165) is 25.2 Å². The fraction of sp³-hybridized carbons (Fsp3) is 0.286. The van der Waals surface area contributed by atoms with E-state index in [2.05, 4.69) is 20.4 Å². The van der Waals surface area contributed by atoms with Crippen LogP contribution in [0.2, 0.25) is 5.02 Å². The molecule has 1 aromatic heterocycles. The van der Waals surface area contributed by atoms with Crippen LogP contribution in [0.15, 0.2) is 59.0 Å². The highest BCUT2D eigenvalue weighted by molar-refractivity contribution is 6.30. The van der Waals surface area contributed by atoms with Gasteiger partial charge in [0.05, 0.1) is 0 Å². The fourth-order valence-electron chi connectivity index (χ4n) is 3.25. The molecule has 0 saturated carbocycles. The first-order valence-corrected chi connectivity index (χ1v) is 9.97. The number of anilines is 1. The maximum absolute atomic E-state index is 12.4. The summed E-state index contributed by atoms with van der Waals surface area (Å²) < 4.78 is 5.76. The summed E-state index contributed by atoms with van der Waals surface area (Å²) in [5, 5.41) is 11.8. The van der Waals surface area contributed by atoms with Crippen molar-refractivity contribution in [3.63, 3.8) is 0 Å². The Morgan fingerprint density at radius 1 is 1.03 bits per heavy atom. The van der Waals surface area contributed by atoms with E-state index < -0.39 is 0 Å². The average molecular weight is 412 g/mol. The summed E-state index contributed by atoms with van der Waals surface area (Å²) in [5.74, 6) is 1.17. The van der Waals surface area contributed by atoms with E-state index in [1.165, 1.54) is 0 Å². The van der Waals surface area contributed by atoms with Crippen molar-refractivity contribution < 1.29 is 9.21 Å². The molecule has 2 aromatic carbocycles. The standard InChI is InChI=1S/C21H22ClN5O2/c22-17-7-4-8-18(15-17)23-21(28)27-13-11-26(12-14-27)10-9-19-24-25-20(29-19)16-5-2-1-3-6-16/h1-8,15H,9-14H2,(H,23,28). The Morgan fingerprint density at radius 2 is 1.83 bits per heavy atom. The van der Waals surface area contributed by atoms with Gasteiger partial charge < -0.3 is 14.6 Å². The van der Waals surface area contributed by atoms with Crippen LogP contribution in [-0.2, 0) is 6.42 Å². The van der Waals surface area contributed by atoms with Gasteiger partial charge in [-0.1, -0.05) is 35.9 Å². The van der Waals surface area contributed by atoms with Crippen molar-refractivity contribution in [3.05, 3.63) is 65.5 Å². The molecular formula is C21H22ClN5O2. The lowest BCUT2D eigenvalue weighted by Crippen LogP contribution is -2.50. The highest BCUT2D eigenvalue weighted by Crippen LogP contribution is 2.18. The maximum Gasteiger partial charge on any atom is 0.321 e. The van der Waals surface area contributed by atoms with E-state index in [1.54, 1.807) is 12.1 Å². The molecule has 4 rings (SSSR count). The molecule has 0 bridgehead atoms. The SMILES string of the molecule is O=C(Nc1cccc(Cl)c1)N1CCN(CCc2nnc(-c3ccccc3)o2)CC1. The van der Waals surface area contributed by atoms with E-state index in [1.807, 2.05) is 47.4 Å². The molecule has 0 radical (unpaired) electrons. The second-order valence-electron chi connectivity index (χ2n) is 6.89. The number of hydrogen-bond donors (Lipinski definition) is 1. The lowest BCUT2D eigenvalue weighted by molar-refractivity contribution is 0.146. The molecule has 0 atom stereocenters. The Balaban J connectivity index is 1.23. The second-order valence-corrected chi connectivity index (χ2v) is 7.32. The molecule has 1 saturated heterocycles. The molecule has 29 heavy (non-hydrogen) atoms. The van der Waals surface area contributed by atoms with Gasteiger partial charge in [0.2, 0.25) is 11.8 Å². The monoisotopic (exact) mass is 411 g/mol. The van der Waals surface area contributed by atoms with Gasteiger partial charge in [-0.15, -0.1) is 10.2 Å². The molecule has 2 amide bonds. The first kappa shape index (κ1) is 19.4. The number of hydrogen-bond acceptors (Lipinski definition) is 5. The second kappa shape index (κ2) is 9.07. The molecule has 150 valence electrons. The Bertz CT molecular complexity index is 954. The number of carbonyl (C=O) groups is 1. The summed E-state index contributed by atoms with van der Waals surface area (Å²) in [6, 6.07) is 16.8. The van der Waals surface area contributed by atoms with E-state index in [4.69, 9.17) is 16.0 Å². The minimum Gasteiger partial charge on any atom is -0.421 e. The quantitative estimate of drug-likeness (QED) is 0.691. The predicted molar refractivity (Wildman–Crippen MR) is 112 cm³/mol. The van der Waals surface area contributed by atoms with Crippen LogP contribution in [0.4, 0.5) is 10.5 Å². The van der Waals surface area contributed by atoms with Crippen molar-refractivity contribution in [2.24, 2.45) is 0 Å². The zero-order chi connectivity index (χ0) is 20.1. The van der Waals surface area contributed by atoms with Gasteiger partial charge >= 0.3 is 6.03 Å². The summed E-state index contributed by atoms with van der Waals surface area (Å²) in [6.07, 6.45) is 0.689. The highest BCUT2D eigenvalue weighted by Gasteiger charge is 2.21. The molecule has 1 fully saturated rings. The largest absolute Gasteiger partial charge is 0.421 e. The third kappa shape index (κ3) is 5.13. The molecule has 3 aromatic rings. The van der Waals surface area contributed by atoms with Crippen molar-refractivity contribution in [2.45, 2.75) is 6.42 Å². The molecule has 7 nitrogen and oxygen atoms in total. The molecule has 0 spiro atoms. The summed E-state index contributed by atoms with van der Waals surface area (Å²) >= 11 is 5.97. The van der Waals surface area contributed by atoms with Crippen LogP contribution in [0.3, 0.4) is 0 Å². The van der Waals surface area contributed by atoms with Crippen molar-refractivity contribution in [3.8, 4) is 11.5 Å². The van der Waals surface area contributed by atoms with Gasteiger partial charge in [-0.25, -0.2) is 4.79 Å². The van der Waals surface area contributed by atoms with Gasteiger partial charge in [-0.3, -0.25) is 4.90 Å². The molecule has 0 aliphatic carbocycles. The van der Waals surface area contributed by atoms with Crippen molar-refractivity contribution in [2.75, 3.05) is 38.0 Å². The Labute approximate surface area is 174 Å². The van der Waals surface area contributed by atoms with Crippen LogP contribution in [-0.4, -0.2) is 58.8 Å². The zero-order valence-electron chi connectivity index (χ0n) is 15.9. The van der Waals surface area contributed by atoms with Crippen LogP contribution < -0.4 is 5.32 Å². The lowest BCUT2D eigenvalue weighted by atomic mass is 10.2. The number of nitrogens with one attached hydrogen (secondary N) is 1. The van der Waals surface area contributed by atoms with E-state index in [9.17, 15) is 4.79 Å². The molecule has 0 unspecified atom stereocenters. The van der Waals surface area contributed by atoms with Gasteiger partial charge in [0.1, 0.15) is 0 Å². The topological polar surface area (TPSA) is 74.5 Å². The molecule has 8 heteroatoms. The molecule has 1 aliphatic rings. The van der Waals surface area contributed by atoms with Gasteiger partial charge in [0.25, 0.3) is 0 Å². The first-order valence-electron chi connectivity index (χ1n) is 9.59. The zero-order valence-corrected chi connectivity index (χ0v) is 16.7. The number of carbonyl (C=O) groups excluding carboxylic acids is 1. The smallest absolute Gasteiger partial charge is 0.321 e. The van der Waals surface area contributed by atoms with Gasteiger partial charge in [0.15, 0.2) is 0 Å². The average Bonchev–Trinajstić information content (AvgIpc) is 3.22. The maximum atomic E-state index is 12.4. The molecule has 1 N–H and O–H groups in total. The summed E-state index contributed by atoms with van der Waals surface area (Å²) in [6.45, 7) is 3.78. The van der Waals surface area contributed by atoms with Crippen LogP contribution in [0.25, 0.3) is 11.5 Å². The third-order valence-corrected chi connectivity index (χ3v) is 5.10. The Hall–Kier alpha value is -2.90. The number of aromatic nitrogens is 2. The van der Waals surface area contributed by atoms with Crippen LogP contribution in [0.1, 0.15) is 5.89 Å². The van der Waals surface area contributed by atoms with Crippen LogP contribution >= 0.6 is 11.6 Å². The van der Waals surface area contributed by atoms with Crippen molar-refractivity contribution >= 4 is 23.3 Å². The normalized spacial score (nSPS) is 14.7. The van der Waals surface area contributed by atoms with Gasteiger partial charge in [-0.2, -0.15) is 0 Å². The lowest BCUT2D eigenvalue weighted by Gasteiger charge is -2.34. The van der Waals surface area contributed by atoms with Crippen molar-refractivity contribution in [1.29, 1.82) is 0 Å². The van der Waals surface area contributed by atoms with Crippen molar-refractivity contribution in [1.82, 2.24) is 20.0 Å². The predicted octanol–water partition coefficient (Wildman–Crippen LogP) is 3.78. The number of urea groups is 1. The van der Waals surface area contributed by atoms with E-state index >= 15 is 0 Å². The van der Waals surface area contributed by atoms with Gasteiger partial charge in [0, 0.05) is 55.4 Å². The fourth-order valence-corrected chi connectivity index (χ4v) is 3.44. The highest BCUT2D eigenvalue weighted by atomic mass is 35.5. The minimum atomic E-state index is -0.101. The number of benzene rings is 2. The third-order valence-electron chi connectivity index (χ3n) is 4.86. The van der Waals surface area contributed by atoms with Gasteiger partial charge in [-0.05, 0) is 30.3 Å². The number of halogens is 1. The number of amides is 2. The summed E-state index contributed by atoms with van der Waals surface area (Å²) in [5.41, 5.74) is 1.63. The summed E-state index contributed by atoms with van der Waals surface area (Å²) in [7, 11) is 0. The number of piperazine rings is 1. The molecule has 1 aliphatic heterocycles. The first-order chi connectivity index (χ1) is 14.2. The Kier molecular flexibility index (Phi) is 6.07. The Morgan fingerprint density at radius 3 is 2.59 bits per heavy atom. The van der Waals surface area contributed by atoms with E-state index in [0.29, 0.717) is 42.0 Å².